The third kappa shape index (κ3) is 1.84. The number of nitrogens with one attached hydrogen (secondary N) is 1. The molecular formula is C12H12NO3+. The summed E-state index contributed by atoms with van der Waals surface area (Å²) in [5.41, 5.74) is 0.591. The van der Waals surface area contributed by atoms with E-state index in [9.17, 15) is 15.4 Å². The topological polar surface area (TPSA) is 65.1 Å². The van der Waals surface area contributed by atoms with Gasteiger partial charge in [0.1, 0.15) is 0 Å². The predicted octanol–water partition coefficient (Wildman–Crippen LogP) is 1.34. The van der Waals surface area contributed by atoms with Crippen molar-refractivity contribution in [3.63, 3.8) is 0 Å². The molecule has 0 amide bonds. The van der Waals surface area contributed by atoms with Crippen molar-refractivity contribution in [2.24, 2.45) is 0 Å². The molecule has 4 nitrogen and oxygen atoms in total. The first kappa shape index (κ1) is 10.5. The third-order valence-electron chi connectivity index (χ3n) is 2.32. The monoisotopic (exact) mass is 218 g/mol. The molecular weight excluding hydrogens is 206 g/mol. The summed E-state index contributed by atoms with van der Waals surface area (Å²) in [5, 5.41) is 28.9. The van der Waals surface area contributed by atoms with Gasteiger partial charge in [0.2, 0.25) is 11.4 Å². The van der Waals surface area contributed by atoms with Crippen LogP contribution in [0.1, 0.15) is 0 Å². The van der Waals surface area contributed by atoms with E-state index in [1.165, 1.54) is 12.1 Å². The van der Waals surface area contributed by atoms with Gasteiger partial charge in [0.25, 0.3) is 0 Å². The van der Waals surface area contributed by atoms with E-state index in [2.05, 4.69) is 0 Å². The van der Waals surface area contributed by atoms with Crippen LogP contribution in [0.25, 0.3) is 0 Å². The summed E-state index contributed by atoms with van der Waals surface area (Å²) in [5.74, 6) is -0.0495. The lowest BCUT2D eigenvalue weighted by Gasteiger charge is -2.11. The number of hydrogen-bond acceptors (Lipinski definition) is 3. The number of quaternary nitrogens is 1. The highest BCUT2D eigenvalue weighted by atomic mass is 16.5. The first-order valence-corrected chi connectivity index (χ1v) is 4.83. The quantitative estimate of drug-likeness (QED) is 0.454. The van der Waals surface area contributed by atoms with Crippen molar-refractivity contribution in [2.75, 3.05) is 0 Å². The molecule has 82 valence electrons. The summed E-state index contributed by atoms with van der Waals surface area (Å²) in [6, 6.07) is 12.8. The Bertz CT molecular complexity index is 454. The van der Waals surface area contributed by atoms with Crippen LogP contribution in [0, 0.1) is 0 Å². The normalized spacial score (nSPS) is 10.6. The number of phenols is 2. The van der Waals surface area contributed by atoms with Crippen LogP contribution in [0.3, 0.4) is 0 Å². The van der Waals surface area contributed by atoms with Gasteiger partial charge in [-0.25, -0.2) is 5.21 Å². The molecule has 0 aliphatic heterocycles. The SMILES string of the molecule is Oc1ccccc1[NH+](O)c1ccccc1O. The van der Waals surface area contributed by atoms with Crippen LogP contribution in [-0.2, 0) is 0 Å². The largest absolute Gasteiger partial charge is 0.503 e. The Morgan fingerprint density at radius 2 is 1.06 bits per heavy atom. The maximum Gasteiger partial charge on any atom is 0.210 e. The van der Waals surface area contributed by atoms with E-state index in [0.29, 0.717) is 11.4 Å². The molecule has 0 fully saturated rings. The molecule has 2 aromatic carbocycles. The Labute approximate surface area is 92.6 Å². The molecule has 0 saturated carbocycles. The number of phenolic OH excluding ortho intramolecular Hbond substituents is 2. The number of aromatic hydroxyl groups is 2. The fourth-order valence-corrected chi connectivity index (χ4v) is 1.49. The molecule has 0 radical (unpaired) electrons. The van der Waals surface area contributed by atoms with Crippen molar-refractivity contribution in [1.29, 1.82) is 0 Å². The van der Waals surface area contributed by atoms with Crippen LogP contribution in [-0.4, -0.2) is 15.4 Å². The van der Waals surface area contributed by atoms with Crippen LogP contribution in [0.15, 0.2) is 48.5 Å². The highest BCUT2D eigenvalue weighted by molar-refractivity contribution is 5.51. The molecule has 0 aromatic heterocycles. The minimum Gasteiger partial charge on any atom is -0.503 e. The summed E-state index contributed by atoms with van der Waals surface area (Å²) in [6.07, 6.45) is 0. The molecule has 4 N–H and O–H groups in total. The smallest absolute Gasteiger partial charge is 0.210 e. The second-order valence-electron chi connectivity index (χ2n) is 3.38. The summed E-state index contributed by atoms with van der Waals surface area (Å²) in [7, 11) is 0. The number of benzene rings is 2. The molecule has 4 heteroatoms. The summed E-state index contributed by atoms with van der Waals surface area (Å²) in [4.78, 5) is 0. The summed E-state index contributed by atoms with van der Waals surface area (Å²) < 4.78 is 0. The lowest BCUT2D eigenvalue weighted by atomic mass is 10.2. The second-order valence-corrected chi connectivity index (χ2v) is 3.38. The van der Waals surface area contributed by atoms with Crippen molar-refractivity contribution in [2.45, 2.75) is 0 Å². The van der Waals surface area contributed by atoms with Gasteiger partial charge in [0.15, 0.2) is 11.5 Å². The van der Waals surface area contributed by atoms with Crippen LogP contribution < -0.4 is 5.06 Å². The Kier molecular flexibility index (Phi) is 2.76. The maximum atomic E-state index is 9.95. The van der Waals surface area contributed by atoms with E-state index in [1.807, 2.05) is 0 Å². The first-order chi connectivity index (χ1) is 7.70. The minimum atomic E-state index is -0.142. The molecule has 0 atom stereocenters. The molecule has 2 rings (SSSR count). The summed E-state index contributed by atoms with van der Waals surface area (Å²) >= 11 is 0. The molecule has 0 saturated heterocycles. The Morgan fingerprint density at radius 3 is 1.44 bits per heavy atom. The standard InChI is InChI=1S/C12H11NO3/c14-11-7-3-1-5-9(11)13(16)10-6-2-4-8-12(10)15/h1-8,14-16H/p+1. The van der Waals surface area contributed by atoms with Crippen LogP contribution in [0.2, 0.25) is 0 Å². The van der Waals surface area contributed by atoms with Gasteiger partial charge in [0.05, 0.1) is 0 Å². The Morgan fingerprint density at radius 1 is 0.688 bits per heavy atom. The van der Waals surface area contributed by atoms with Crippen molar-refractivity contribution in [3.05, 3.63) is 48.5 Å². The van der Waals surface area contributed by atoms with E-state index in [1.54, 1.807) is 36.4 Å². The number of hydrogen-bond donors (Lipinski definition) is 4. The van der Waals surface area contributed by atoms with Crippen molar-refractivity contribution in [3.8, 4) is 11.5 Å². The third-order valence-corrected chi connectivity index (χ3v) is 2.32. The zero-order chi connectivity index (χ0) is 11.5. The van der Waals surface area contributed by atoms with E-state index >= 15 is 0 Å². The molecule has 0 heterocycles. The van der Waals surface area contributed by atoms with Crippen LogP contribution >= 0.6 is 0 Å². The molecule has 0 aliphatic carbocycles. The minimum absolute atomic E-state index is 0.0248. The lowest BCUT2D eigenvalue weighted by molar-refractivity contribution is -0.978. The zero-order valence-electron chi connectivity index (χ0n) is 8.46. The van der Waals surface area contributed by atoms with Gasteiger partial charge in [-0.2, -0.15) is 0 Å². The van der Waals surface area contributed by atoms with Gasteiger partial charge >= 0.3 is 0 Å². The molecule has 0 spiro atoms. The van der Waals surface area contributed by atoms with Crippen molar-refractivity contribution in [1.82, 2.24) is 0 Å². The number of rotatable bonds is 2. The van der Waals surface area contributed by atoms with Crippen LogP contribution in [0.4, 0.5) is 11.4 Å². The second kappa shape index (κ2) is 4.22. The fraction of sp³-hybridized carbons (Fsp3) is 0. The summed E-state index contributed by atoms with van der Waals surface area (Å²) in [6.45, 7) is 0. The lowest BCUT2D eigenvalue weighted by Crippen LogP contribution is -2.99. The Hall–Kier alpha value is -2.04. The van der Waals surface area contributed by atoms with Crippen molar-refractivity contribution < 1.29 is 20.5 Å². The molecule has 0 unspecified atom stereocenters. The van der Waals surface area contributed by atoms with Crippen LogP contribution in [0.5, 0.6) is 11.5 Å². The van der Waals surface area contributed by atoms with E-state index in [4.69, 9.17) is 0 Å². The predicted molar refractivity (Wildman–Crippen MR) is 58.3 cm³/mol. The van der Waals surface area contributed by atoms with Gasteiger partial charge in [-0.1, -0.05) is 24.3 Å². The zero-order valence-corrected chi connectivity index (χ0v) is 8.46. The van der Waals surface area contributed by atoms with Gasteiger partial charge in [-0.3, -0.25) is 0 Å². The highest BCUT2D eigenvalue weighted by Gasteiger charge is 2.20. The molecule has 0 bridgehead atoms. The fourth-order valence-electron chi connectivity index (χ4n) is 1.49. The molecule has 16 heavy (non-hydrogen) atoms. The Balaban J connectivity index is 2.44. The maximum absolute atomic E-state index is 9.95. The van der Waals surface area contributed by atoms with Gasteiger partial charge in [-0.15, -0.1) is 5.06 Å². The highest BCUT2D eigenvalue weighted by Crippen LogP contribution is 2.23. The van der Waals surface area contributed by atoms with E-state index < -0.39 is 0 Å². The molecule has 0 aliphatic rings. The average molecular weight is 218 g/mol. The van der Waals surface area contributed by atoms with Gasteiger partial charge < -0.3 is 10.2 Å². The molecule has 2 aromatic rings. The number of para-hydroxylation sites is 4. The van der Waals surface area contributed by atoms with Gasteiger partial charge in [0, 0.05) is 12.1 Å². The first-order valence-electron chi connectivity index (χ1n) is 4.83. The van der Waals surface area contributed by atoms with Gasteiger partial charge in [-0.05, 0) is 12.1 Å². The van der Waals surface area contributed by atoms with Crippen molar-refractivity contribution >= 4 is 11.4 Å². The van der Waals surface area contributed by atoms with E-state index in [-0.39, 0.29) is 16.6 Å². The average Bonchev–Trinajstić information content (AvgIpc) is 2.29. The van der Waals surface area contributed by atoms with E-state index in [0.717, 1.165) is 0 Å².